The van der Waals surface area contributed by atoms with E-state index in [0.717, 1.165) is 24.8 Å². The molecule has 0 aliphatic heterocycles. The molecule has 0 saturated heterocycles. The van der Waals surface area contributed by atoms with E-state index in [2.05, 4.69) is 10.4 Å². The van der Waals surface area contributed by atoms with Crippen molar-refractivity contribution in [2.75, 3.05) is 33.2 Å². The van der Waals surface area contributed by atoms with Gasteiger partial charge in [-0.25, -0.2) is 4.68 Å². The van der Waals surface area contributed by atoms with E-state index in [1.165, 1.54) is 0 Å². The third-order valence-corrected chi connectivity index (χ3v) is 5.37. The first-order valence-electron chi connectivity index (χ1n) is 9.43. The Bertz CT molecular complexity index is 821. The molecule has 1 heterocycles. The Morgan fingerprint density at radius 2 is 1.96 bits per heavy atom. The van der Waals surface area contributed by atoms with Gasteiger partial charge in [0.05, 0.1) is 34.1 Å². The molecule has 3 N–H and O–H groups in total. The molecular weight excluding hydrogens is 360 g/mol. The lowest BCUT2D eigenvalue weighted by atomic mass is 9.95. The Hall–Kier alpha value is -2.74. The number of hydrogen-bond acceptors (Lipinski definition) is 6. The first-order chi connectivity index (χ1) is 13.6. The van der Waals surface area contributed by atoms with Crippen molar-refractivity contribution in [2.24, 2.45) is 17.6 Å². The molecule has 2 aromatic rings. The van der Waals surface area contributed by atoms with Gasteiger partial charge in [-0.15, -0.1) is 0 Å². The molecule has 1 aromatic heterocycles. The Balaban J connectivity index is 1.80. The molecule has 8 heteroatoms. The van der Waals surface area contributed by atoms with E-state index >= 15 is 0 Å². The summed E-state index contributed by atoms with van der Waals surface area (Å²) in [5.41, 5.74) is 6.68. The first kappa shape index (κ1) is 20.0. The summed E-state index contributed by atoms with van der Waals surface area (Å²) in [6.07, 6.45) is 4.60. The van der Waals surface area contributed by atoms with Crippen LogP contribution in [0.5, 0.6) is 17.2 Å². The number of nitrogens with one attached hydrogen (secondary N) is 1. The molecule has 1 aliphatic carbocycles. The lowest BCUT2D eigenvalue weighted by Gasteiger charge is -2.19. The molecule has 0 spiro atoms. The van der Waals surface area contributed by atoms with Gasteiger partial charge in [-0.3, -0.25) is 4.79 Å². The van der Waals surface area contributed by atoms with Crippen LogP contribution in [-0.4, -0.2) is 43.6 Å². The molecule has 1 saturated carbocycles. The highest BCUT2D eigenvalue weighted by Crippen LogP contribution is 2.40. The highest BCUT2D eigenvalue weighted by Gasteiger charge is 2.32. The molecule has 0 unspecified atom stereocenters. The van der Waals surface area contributed by atoms with Gasteiger partial charge in [0.25, 0.3) is 0 Å². The van der Waals surface area contributed by atoms with Gasteiger partial charge in [0, 0.05) is 17.5 Å². The minimum Gasteiger partial charge on any atom is -0.493 e. The number of amides is 1. The topological polar surface area (TPSA) is 101 Å². The zero-order valence-electron chi connectivity index (χ0n) is 16.6. The maximum atomic E-state index is 12.7. The van der Waals surface area contributed by atoms with Crippen LogP contribution in [0, 0.1) is 11.8 Å². The van der Waals surface area contributed by atoms with Gasteiger partial charge < -0.3 is 25.3 Å². The molecule has 8 nitrogen and oxygen atoms in total. The van der Waals surface area contributed by atoms with Gasteiger partial charge in [0.1, 0.15) is 5.82 Å². The Kier molecular flexibility index (Phi) is 6.41. The van der Waals surface area contributed by atoms with Crippen molar-refractivity contribution < 1.29 is 19.0 Å². The fourth-order valence-electron chi connectivity index (χ4n) is 3.90. The zero-order valence-corrected chi connectivity index (χ0v) is 16.6. The second-order valence-electron chi connectivity index (χ2n) is 6.89. The standard InChI is InChI=1S/C20H28N4O4/c1-26-16-8-7-14(18(27-2)19(16)28-3)12-24-17(9-10-22-24)23-20(25)15-6-4-5-13(15)11-21/h7-10,13,15H,4-6,11-12,21H2,1-3H3,(H,23,25)/t13-,15-/m1/s1. The van der Waals surface area contributed by atoms with E-state index < -0.39 is 0 Å². The second-order valence-corrected chi connectivity index (χ2v) is 6.89. The molecule has 2 atom stereocenters. The SMILES string of the molecule is COc1ccc(Cn2nccc2NC(=O)[C@@H]2CCC[C@@H]2CN)c(OC)c1OC. The van der Waals surface area contributed by atoms with Crippen molar-refractivity contribution in [1.29, 1.82) is 0 Å². The average Bonchev–Trinajstić information content (AvgIpc) is 3.36. The number of ether oxygens (including phenoxy) is 3. The summed E-state index contributed by atoms with van der Waals surface area (Å²) in [7, 11) is 4.73. The van der Waals surface area contributed by atoms with Gasteiger partial charge in [-0.2, -0.15) is 5.10 Å². The van der Waals surface area contributed by atoms with Crippen molar-refractivity contribution in [1.82, 2.24) is 9.78 Å². The Morgan fingerprint density at radius 1 is 1.18 bits per heavy atom. The van der Waals surface area contributed by atoms with Crippen LogP contribution in [0.15, 0.2) is 24.4 Å². The van der Waals surface area contributed by atoms with Crippen LogP contribution in [0.3, 0.4) is 0 Å². The van der Waals surface area contributed by atoms with Crippen molar-refractivity contribution in [2.45, 2.75) is 25.8 Å². The number of methoxy groups -OCH3 is 3. The summed E-state index contributed by atoms with van der Waals surface area (Å²) in [4.78, 5) is 12.7. The number of anilines is 1. The van der Waals surface area contributed by atoms with Gasteiger partial charge in [-0.05, 0) is 37.4 Å². The lowest BCUT2D eigenvalue weighted by Crippen LogP contribution is -2.30. The number of rotatable bonds is 8. The summed E-state index contributed by atoms with van der Waals surface area (Å²) >= 11 is 0. The third-order valence-electron chi connectivity index (χ3n) is 5.37. The van der Waals surface area contributed by atoms with E-state index in [1.807, 2.05) is 12.1 Å². The predicted octanol–water partition coefficient (Wildman–Crippen LogP) is 2.27. The molecule has 28 heavy (non-hydrogen) atoms. The average molecular weight is 388 g/mol. The Morgan fingerprint density at radius 3 is 2.64 bits per heavy atom. The van der Waals surface area contributed by atoms with Crippen molar-refractivity contribution in [3.8, 4) is 17.2 Å². The molecular formula is C20H28N4O4. The van der Waals surface area contributed by atoms with Crippen LogP contribution in [0.4, 0.5) is 5.82 Å². The lowest BCUT2D eigenvalue weighted by molar-refractivity contribution is -0.120. The van der Waals surface area contributed by atoms with Crippen LogP contribution < -0.4 is 25.3 Å². The smallest absolute Gasteiger partial charge is 0.228 e. The minimum atomic E-state index is -0.0380. The van der Waals surface area contributed by atoms with Crippen LogP contribution in [-0.2, 0) is 11.3 Å². The summed E-state index contributed by atoms with van der Waals surface area (Å²) < 4.78 is 18.0. The van der Waals surface area contributed by atoms with E-state index in [9.17, 15) is 4.79 Å². The van der Waals surface area contributed by atoms with Gasteiger partial charge in [0.2, 0.25) is 11.7 Å². The number of nitrogens with two attached hydrogens (primary N) is 1. The fraction of sp³-hybridized carbons (Fsp3) is 0.500. The van der Waals surface area contributed by atoms with Crippen LogP contribution in [0.25, 0.3) is 0 Å². The second kappa shape index (κ2) is 8.97. The maximum absolute atomic E-state index is 12.7. The highest BCUT2D eigenvalue weighted by molar-refractivity contribution is 5.92. The quantitative estimate of drug-likeness (QED) is 0.719. The first-order valence-corrected chi connectivity index (χ1v) is 9.43. The van der Waals surface area contributed by atoms with Gasteiger partial charge in [0.15, 0.2) is 11.5 Å². The summed E-state index contributed by atoms with van der Waals surface area (Å²) in [5.74, 6) is 2.56. The largest absolute Gasteiger partial charge is 0.493 e. The van der Waals surface area contributed by atoms with Crippen LogP contribution in [0.2, 0.25) is 0 Å². The van der Waals surface area contributed by atoms with Crippen molar-refractivity contribution in [3.63, 3.8) is 0 Å². The van der Waals surface area contributed by atoms with E-state index in [0.29, 0.717) is 36.2 Å². The van der Waals surface area contributed by atoms with E-state index in [-0.39, 0.29) is 17.7 Å². The summed E-state index contributed by atoms with van der Waals surface area (Å²) in [5, 5.41) is 7.37. The maximum Gasteiger partial charge on any atom is 0.228 e. The molecule has 0 bridgehead atoms. The predicted molar refractivity (Wildman–Crippen MR) is 106 cm³/mol. The van der Waals surface area contributed by atoms with Crippen LogP contribution >= 0.6 is 0 Å². The number of nitrogens with zero attached hydrogens (tertiary/aromatic N) is 2. The normalized spacial score (nSPS) is 18.7. The number of benzene rings is 1. The van der Waals surface area contributed by atoms with Gasteiger partial charge in [-0.1, -0.05) is 6.42 Å². The monoisotopic (exact) mass is 388 g/mol. The molecule has 1 aromatic carbocycles. The molecule has 1 amide bonds. The highest BCUT2D eigenvalue weighted by atomic mass is 16.5. The van der Waals surface area contributed by atoms with Crippen molar-refractivity contribution >= 4 is 11.7 Å². The van der Waals surface area contributed by atoms with Gasteiger partial charge >= 0.3 is 0 Å². The van der Waals surface area contributed by atoms with Crippen LogP contribution in [0.1, 0.15) is 24.8 Å². The molecule has 152 valence electrons. The number of aromatic nitrogens is 2. The van der Waals surface area contributed by atoms with E-state index in [1.54, 1.807) is 38.3 Å². The summed E-state index contributed by atoms with van der Waals surface area (Å²) in [6.45, 7) is 0.956. The molecule has 1 fully saturated rings. The summed E-state index contributed by atoms with van der Waals surface area (Å²) in [6, 6.07) is 5.51. The zero-order chi connectivity index (χ0) is 20.1. The fourth-order valence-corrected chi connectivity index (χ4v) is 3.90. The van der Waals surface area contributed by atoms with Crippen molar-refractivity contribution in [3.05, 3.63) is 30.0 Å². The number of carbonyl (C=O) groups is 1. The Labute approximate surface area is 164 Å². The molecule has 3 rings (SSSR count). The minimum absolute atomic E-state index is 0.00831. The number of hydrogen-bond donors (Lipinski definition) is 2. The molecule has 1 aliphatic rings. The third kappa shape index (κ3) is 3.91. The van der Waals surface area contributed by atoms with E-state index in [4.69, 9.17) is 19.9 Å². The molecule has 0 radical (unpaired) electrons. The number of carbonyl (C=O) groups excluding carboxylic acids is 1.